The van der Waals surface area contributed by atoms with Crippen LogP contribution in [0.25, 0.3) is 10.8 Å². The largest absolute Gasteiger partial charge is 0.300 e. The van der Waals surface area contributed by atoms with Gasteiger partial charge in [-0.2, -0.15) is 0 Å². The van der Waals surface area contributed by atoms with Crippen LogP contribution in [0.3, 0.4) is 0 Å². The van der Waals surface area contributed by atoms with E-state index in [-0.39, 0.29) is 0 Å². The van der Waals surface area contributed by atoms with E-state index in [4.69, 9.17) is 0 Å². The zero-order valence-electron chi connectivity index (χ0n) is 12.7. The molecule has 0 unspecified atom stereocenters. The van der Waals surface area contributed by atoms with Crippen LogP contribution < -0.4 is 4.90 Å². The quantitative estimate of drug-likeness (QED) is 0.674. The number of ketones is 1. The summed E-state index contributed by atoms with van der Waals surface area (Å²) in [5, 5.41) is 2.29. The molecule has 1 aliphatic heterocycles. The molecule has 4 rings (SSSR count). The summed E-state index contributed by atoms with van der Waals surface area (Å²) < 4.78 is 0. The van der Waals surface area contributed by atoms with Gasteiger partial charge in [-0.3, -0.25) is 9.59 Å². The van der Waals surface area contributed by atoms with Crippen molar-refractivity contribution >= 4 is 28.2 Å². The Bertz CT molecular complexity index is 959. The fourth-order valence-electron chi connectivity index (χ4n) is 3.09. The number of benzene rings is 3. The fourth-order valence-corrected chi connectivity index (χ4v) is 3.09. The number of hydrogen-bond acceptors (Lipinski definition) is 2. The van der Waals surface area contributed by atoms with Crippen LogP contribution in [0.5, 0.6) is 0 Å². The van der Waals surface area contributed by atoms with Crippen molar-refractivity contribution in [3.8, 4) is 0 Å². The minimum atomic E-state index is -0.446. The van der Waals surface area contributed by atoms with E-state index in [1.54, 1.807) is 11.0 Å². The molecular formula is C20H15NO2. The lowest BCUT2D eigenvalue weighted by Crippen LogP contribution is -2.29. The highest BCUT2D eigenvalue weighted by atomic mass is 16.2. The second kappa shape index (κ2) is 5.06. The normalized spacial score (nSPS) is 13.7. The minimum Gasteiger partial charge on any atom is -0.300 e. The van der Waals surface area contributed by atoms with Gasteiger partial charge >= 0.3 is 0 Å². The van der Waals surface area contributed by atoms with Crippen molar-refractivity contribution in [2.75, 3.05) is 4.90 Å². The number of carbonyl (C=O) groups is 2. The molecule has 1 aliphatic rings. The first kappa shape index (κ1) is 13.7. The highest BCUT2D eigenvalue weighted by Crippen LogP contribution is 2.31. The second-order valence-electron chi connectivity index (χ2n) is 5.92. The van der Waals surface area contributed by atoms with Crippen molar-refractivity contribution in [1.82, 2.24) is 0 Å². The van der Waals surface area contributed by atoms with E-state index in [9.17, 15) is 9.59 Å². The van der Waals surface area contributed by atoms with E-state index in [1.165, 1.54) is 0 Å². The van der Waals surface area contributed by atoms with Gasteiger partial charge in [0.05, 0.1) is 17.8 Å². The Kier molecular flexibility index (Phi) is 3.01. The predicted molar refractivity (Wildman–Crippen MR) is 90.6 cm³/mol. The van der Waals surface area contributed by atoms with Gasteiger partial charge in [-0.25, -0.2) is 0 Å². The summed E-state index contributed by atoms with van der Waals surface area (Å²) >= 11 is 0. The lowest BCUT2D eigenvalue weighted by atomic mass is 10.1. The molecule has 1 heterocycles. The van der Waals surface area contributed by atoms with Crippen molar-refractivity contribution in [1.29, 1.82) is 0 Å². The van der Waals surface area contributed by atoms with E-state index in [1.807, 2.05) is 49.4 Å². The van der Waals surface area contributed by atoms with Crippen molar-refractivity contribution in [2.45, 2.75) is 13.5 Å². The number of amides is 1. The molecule has 0 radical (unpaired) electrons. The predicted octanol–water partition coefficient (Wildman–Crippen LogP) is 3.88. The van der Waals surface area contributed by atoms with E-state index in [2.05, 4.69) is 12.1 Å². The first-order valence-corrected chi connectivity index (χ1v) is 7.58. The molecule has 0 saturated heterocycles. The maximum absolute atomic E-state index is 12.3. The molecule has 0 spiro atoms. The SMILES string of the molecule is Cc1ccc2c(c1)C(=O)C(=O)N2Cc1ccc2ccccc2c1. The highest BCUT2D eigenvalue weighted by Gasteiger charge is 2.35. The number of carbonyl (C=O) groups excluding carboxylic acids is 2. The zero-order chi connectivity index (χ0) is 16.0. The second-order valence-corrected chi connectivity index (χ2v) is 5.92. The first-order chi connectivity index (χ1) is 11.1. The Morgan fingerprint density at radius 1 is 0.870 bits per heavy atom. The number of aryl methyl sites for hydroxylation is 1. The molecule has 0 fully saturated rings. The molecule has 0 saturated carbocycles. The Balaban J connectivity index is 1.73. The molecule has 112 valence electrons. The minimum absolute atomic E-state index is 0.408. The molecule has 3 nitrogen and oxygen atoms in total. The van der Waals surface area contributed by atoms with Crippen LogP contribution in [0.2, 0.25) is 0 Å². The molecule has 0 N–H and O–H groups in total. The molecule has 3 aromatic rings. The summed E-state index contributed by atoms with van der Waals surface area (Å²) in [6.07, 6.45) is 0. The van der Waals surface area contributed by atoms with E-state index < -0.39 is 11.7 Å². The standard InChI is InChI=1S/C20H15NO2/c1-13-6-9-18-17(10-13)19(22)20(23)21(18)12-14-7-8-15-4-2-3-5-16(15)11-14/h2-11H,12H2,1H3. The van der Waals surface area contributed by atoms with Gasteiger partial charge < -0.3 is 4.90 Å². The number of rotatable bonds is 2. The van der Waals surface area contributed by atoms with Gasteiger partial charge in [-0.15, -0.1) is 0 Å². The molecule has 0 aromatic heterocycles. The lowest BCUT2D eigenvalue weighted by molar-refractivity contribution is -0.114. The number of nitrogens with zero attached hydrogens (tertiary/aromatic N) is 1. The van der Waals surface area contributed by atoms with Crippen molar-refractivity contribution < 1.29 is 9.59 Å². The summed E-state index contributed by atoms with van der Waals surface area (Å²) in [5.74, 6) is -0.858. The molecule has 3 heteroatoms. The van der Waals surface area contributed by atoms with Crippen LogP contribution in [-0.4, -0.2) is 11.7 Å². The van der Waals surface area contributed by atoms with Crippen LogP contribution in [0.15, 0.2) is 60.7 Å². The van der Waals surface area contributed by atoms with Crippen LogP contribution >= 0.6 is 0 Å². The average Bonchev–Trinajstić information content (AvgIpc) is 2.79. The summed E-state index contributed by atoms with van der Waals surface area (Å²) in [6.45, 7) is 2.33. The third-order valence-corrected chi connectivity index (χ3v) is 4.28. The van der Waals surface area contributed by atoms with Crippen LogP contribution in [0.1, 0.15) is 21.5 Å². The molecule has 0 bridgehead atoms. The van der Waals surface area contributed by atoms with Gasteiger partial charge in [0.15, 0.2) is 0 Å². The van der Waals surface area contributed by atoms with Gasteiger partial charge in [0.25, 0.3) is 11.7 Å². The first-order valence-electron chi connectivity index (χ1n) is 7.58. The number of fused-ring (bicyclic) bond motifs is 2. The van der Waals surface area contributed by atoms with Gasteiger partial charge in [0.1, 0.15) is 0 Å². The van der Waals surface area contributed by atoms with Crippen molar-refractivity contribution in [2.24, 2.45) is 0 Å². The van der Waals surface area contributed by atoms with Crippen molar-refractivity contribution in [3.05, 3.63) is 77.4 Å². The Labute approximate surface area is 134 Å². The number of hydrogen-bond donors (Lipinski definition) is 0. The van der Waals surface area contributed by atoms with E-state index in [0.29, 0.717) is 17.8 Å². The molecular weight excluding hydrogens is 286 g/mol. The summed E-state index contributed by atoms with van der Waals surface area (Å²) in [6, 6.07) is 19.8. The smallest absolute Gasteiger partial charge is 0.299 e. The van der Waals surface area contributed by atoms with Crippen LogP contribution in [0.4, 0.5) is 5.69 Å². The monoisotopic (exact) mass is 301 g/mol. The van der Waals surface area contributed by atoms with Gasteiger partial charge in [-0.1, -0.05) is 48.0 Å². The average molecular weight is 301 g/mol. The summed E-state index contributed by atoms with van der Waals surface area (Å²) in [4.78, 5) is 26.1. The van der Waals surface area contributed by atoms with Gasteiger partial charge in [0.2, 0.25) is 0 Å². The molecule has 23 heavy (non-hydrogen) atoms. The van der Waals surface area contributed by atoms with E-state index in [0.717, 1.165) is 21.9 Å². The summed E-state index contributed by atoms with van der Waals surface area (Å²) in [5.41, 5.74) is 3.21. The third-order valence-electron chi connectivity index (χ3n) is 4.28. The fraction of sp³-hybridized carbons (Fsp3) is 0.100. The summed E-state index contributed by atoms with van der Waals surface area (Å²) in [7, 11) is 0. The van der Waals surface area contributed by atoms with Crippen molar-refractivity contribution in [3.63, 3.8) is 0 Å². The number of Topliss-reactive ketones (excluding diaryl/α,β-unsaturated/α-hetero) is 1. The Hall–Kier alpha value is -2.94. The lowest BCUT2D eigenvalue weighted by Gasteiger charge is -2.17. The van der Waals surface area contributed by atoms with Crippen LogP contribution in [-0.2, 0) is 11.3 Å². The van der Waals surface area contributed by atoms with E-state index >= 15 is 0 Å². The molecule has 1 amide bonds. The van der Waals surface area contributed by atoms with Crippen LogP contribution in [0, 0.1) is 6.92 Å². The molecule has 0 atom stereocenters. The van der Waals surface area contributed by atoms with Gasteiger partial charge in [-0.05, 0) is 41.5 Å². The molecule has 3 aromatic carbocycles. The highest BCUT2D eigenvalue weighted by molar-refractivity contribution is 6.52. The zero-order valence-corrected chi connectivity index (χ0v) is 12.7. The third kappa shape index (κ3) is 2.21. The number of anilines is 1. The Morgan fingerprint density at radius 3 is 2.48 bits per heavy atom. The Morgan fingerprint density at radius 2 is 1.65 bits per heavy atom. The maximum Gasteiger partial charge on any atom is 0.299 e. The van der Waals surface area contributed by atoms with Gasteiger partial charge in [0, 0.05) is 0 Å². The molecule has 0 aliphatic carbocycles. The maximum atomic E-state index is 12.3. The topological polar surface area (TPSA) is 37.4 Å².